The van der Waals surface area contributed by atoms with Gasteiger partial charge in [0.1, 0.15) is 0 Å². The van der Waals surface area contributed by atoms with E-state index in [4.69, 9.17) is 0 Å². The molecule has 3 aromatic rings. The Labute approximate surface area is 188 Å². The summed E-state index contributed by atoms with van der Waals surface area (Å²) in [6.07, 6.45) is 0. The molecule has 0 aliphatic carbocycles. The Morgan fingerprint density at radius 2 is 1.91 bits per heavy atom. The van der Waals surface area contributed by atoms with Crippen LogP contribution in [0.2, 0.25) is 0 Å². The van der Waals surface area contributed by atoms with Gasteiger partial charge < -0.3 is 15.2 Å². The molecule has 11 heteroatoms. The summed E-state index contributed by atoms with van der Waals surface area (Å²) in [5.74, 6) is 0.0427. The number of nitro groups is 1. The van der Waals surface area contributed by atoms with Gasteiger partial charge in [0.15, 0.2) is 11.0 Å². The number of nitrogens with one attached hydrogen (secondary N) is 2. The summed E-state index contributed by atoms with van der Waals surface area (Å²) in [5, 5.41) is 25.3. The van der Waals surface area contributed by atoms with Crippen molar-refractivity contribution in [3.05, 3.63) is 75.6 Å². The monoisotopic (exact) mass is 454 g/mol. The van der Waals surface area contributed by atoms with Crippen LogP contribution in [0.3, 0.4) is 0 Å². The molecule has 0 bridgehead atoms. The Morgan fingerprint density at radius 3 is 2.59 bits per heavy atom. The molecule has 2 amide bonds. The number of non-ortho nitro benzene ring substituents is 1. The van der Waals surface area contributed by atoms with E-state index in [1.165, 1.54) is 23.9 Å². The zero-order valence-electron chi connectivity index (χ0n) is 17.7. The summed E-state index contributed by atoms with van der Waals surface area (Å²) < 4.78 is 1.71. The van der Waals surface area contributed by atoms with Crippen molar-refractivity contribution in [2.45, 2.75) is 25.0 Å². The fourth-order valence-corrected chi connectivity index (χ4v) is 3.66. The minimum atomic E-state index is -0.511. The predicted octanol–water partition coefficient (Wildman–Crippen LogP) is 3.25. The van der Waals surface area contributed by atoms with Crippen LogP contribution in [0.5, 0.6) is 0 Å². The van der Waals surface area contributed by atoms with Crippen LogP contribution >= 0.6 is 11.8 Å². The lowest BCUT2D eigenvalue weighted by Crippen LogP contribution is -2.28. The second-order valence-electron chi connectivity index (χ2n) is 7.05. The molecule has 3 rings (SSSR count). The van der Waals surface area contributed by atoms with Crippen molar-refractivity contribution in [3.8, 4) is 0 Å². The molecule has 1 heterocycles. The Hall–Kier alpha value is -3.73. The third-order valence-corrected chi connectivity index (χ3v) is 5.70. The van der Waals surface area contributed by atoms with E-state index < -0.39 is 11.0 Å². The smallest absolute Gasteiger partial charge is 0.271 e. The lowest BCUT2D eigenvalue weighted by molar-refractivity contribution is -0.384. The van der Waals surface area contributed by atoms with Gasteiger partial charge in [-0.25, -0.2) is 0 Å². The van der Waals surface area contributed by atoms with E-state index in [-0.39, 0.29) is 23.3 Å². The maximum Gasteiger partial charge on any atom is 0.271 e. The number of amides is 2. The van der Waals surface area contributed by atoms with Crippen molar-refractivity contribution >= 4 is 35.0 Å². The molecule has 0 spiro atoms. The maximum absolute atomic E-state index is 12.4. The molecule has 0 unspecified atom stereocenters. The number of benzene rings is 2. The van der Waals surface area contributed by atoms with Crippen molar-refractivity contribution in [2.24, 2.45) is 7.05 Å². The fraction of sp³-hybridized carbons (Fsp3) is 0.238. The number of nitrogens with zero attached hydrogens (tertiary/aromatic N) is 4. The summed E-state index contributed by atoms with van der Waals surface area (Å²) in [5.41, 5.74) is 1.56. The third-order valence-electron chi connectivity index (χ3n) is 4.68. The van der Waals surface area contributed by atoms with Gasteiger partial charge in [0.2, 0.25) is 5.91 Å². The van der Waals surface area contributed by atoms with Gasteiger partial charge in [0.05, 0.1) is 22.4 Å². The van der Waals surface area contributed by atoms with E-state index in [2.05, 4.69) is 20.8 Å². The Kier molecular flexibility index (Phi) is 7.21. The highest BCUT2D eigenvalue weighted by Gasteiger charge is 2.19. The SMILES string of the molecule is Cc1ccc([N+](=O)[O-])cc1NC(=O)CSc1nnc([C@@H](C)NC(=O)c2ccccc2)n1C. The van der Waals surface area contributed by atoms with Crippen LogP contribution in [-0.4, -0.2) is 37.3 Å². The zero-order valence-corrected chi connectivity index (χ0v) is 18.5. The molecule has 0 saturated carbocycles. The minimum absolute atomic E-state index is 0.0405. The van der Waals surface area contributed by atoms with Crippen LogP contribution in [0.15, 0.2) is 53.7 Å². The Balaban J connectivity index is 1.60. The quantitative estimate of drug-likeness (QED) is 0.303. The predicted molar refractivity (Wildman–Crippen MR) is 121 cm³/mol. The number of nitro benzene ring substituents is 1. The van der Waals surface area contributed by atoms with E-state index >= 15 is 0 Å². The van der Waals surface area contributed by atoms with Crippen LogP contribution in [0.1, 0.15) is 34.7 Å². The fourth-order valence-electron chi connectivity index (χ4n) is 2.94. The molecule has 0 fully saturated rings. The molecule has 0 aliphatic rings. The van der Waals surface area contributed by atoms with Gasteiger partial charge in [0, 0.05) is 24.7 Å². The van der Waals surface area contributed by atoms with E-state index in [9.17, 15) is 19.7 Å². The standard InChI is InChI=1S/C21H22N6O4S/c1-13-9-10-16(27(30)31)11-17(13)23-18(28)12-32-21-25-24-19(26(21)3)14(2)22-20(29)15-7-5-4-6-8-15/h4-11,14H,12H2,1-3H3,(H,22,29)(H,23,28)/t14-/m1/s1. The van der Waals surface area contributed by atoms with E-state index in [0.717, 1.165) is 5.56 Å². The third kappa shape index (κ3) is 5.49. The number of hydrogen-bond donors (Lipinski definition) is 2. The van der Waals surface area contributed by atoms with Gasteiger partial charge in [-0.2, -0.15) is 0 Å². The molecule has 2 aromatic carbocycles. The average Bonchev–Trinajstić information content (AvgIpc) is 3.14. The molecular formula is C21H22N6O4S. The molecule has 0 radical (unpaired) electrons. The number of anilines is 1. The lowest BCUT2D eigenvalue weighted by atomic mass is 10.2. The first-order valence-electron chi connectivity index (χ1n) is 9.69. The topological polar surface area (TPSA) is 132 Å². The summed E-state index contributed by atoms with van der Waals surface area (Å²) in [7, 11) is 1.76. The highest BCUT2D eigenvalue weighted by molar-refractivity contribution is 7.99. The molecule has 1 aromatic heterocycles. The molecular weight excluding hydrogens is 432 g/mol. The molecule has 32 heavy (non-hydrogen) atoms. The van der Waals surface area contributed by atoms with Crippen molar-refractivity contribution < 1.29 is 14.5 Å². The molecule has 10 nitrogen and oxygen atoms in total. The second-order valence-corrected chi connectivity index (χ2v) is 8.00. The van der Waals surface area contributed by atoms with E-state index in [0.29, 0.717) is 22.2 Å². The van der Waals surface area contributed by atoms with Crippen molar-refractivity contribution in [3.63, 3.8) is 0 Å². The maximum atomic E-state index is 12.4. The second kappa shape index (κ2) is 10.1. The largest absolute Gasteiger partial charge is 0.342 e. The van der Waals surface area contributed by atoms with Crippen LogP contribution in [-0.2, 0) is 11.8 Å². The number of rotatable bonds is 8. The first kappa shape index (κ1) is 22.9. The number of carbonyl (C=O) groups is 2. The van der Waals surface area contributed by atoms with Crippen LogP contribution in [0.25, 0.3) is 0 Å². The minimum Gasteiger partial charge on any atom is -0.342 e. The van der Waals surface area contributed by atoms with Gasteiger partial charge in [-0.3, -0.25) is 19.7 Å². The highest BCUT2D eigenvalue weighted by Crippen LogP contribution is 2.23. The summed E-state index contributed by atoms with van der Waals surface area (Å²) in [6, 6.07) is 12.8. The van der Waals surface area contributed by atoms with E-state index in [1.807, 2.05) is 6.07 Å². The van der Waals surface area contributed by atoms with E-state index in [1.54, 1.807) is 55.8 Å². The zero-order chi connectivity index (χ0) is 23.3. The normalized spacial score (nSPS) is 11.6. The van der Waals surface area contributed by atoms with Crippen LogP contribution in [0.4, 0.5) is 11.4 Å². The van der Waals surface area contributed by atoms with Crippen LogP contribution < -0.4 is 10.6 Å². The summed E-state index contributed by atoms with van der Waals surface area (Å²) >= 11 is 1.17. The van der Waals surface area contributed by atoms with Gasteiger partial charge in [0.25, 0.3) is 11.6 Å². The summed E-state index contributed by atoms with van der Waals surface area (Å²) in [4.78, 5) is 35.2. The first-order chi connectivity index (χ1) is 15.3. The number of hydrogen-bond acceptors (Lipinski definition) is 7. The van der Waals surface area contributed by atoms with Crippen LogP contribution in [0, 0.1) is 17.0 Å². The lowest BCUT2D eigenvalue weighted by Gasteiger charge is -2.13. The number of carbonyl (C=O) groups excluding carboxylic acids is 2. The molecule has 1 atom stereocenters. The average molecular weight is 455 g/mol. The Morgan fingerprint density at radius 1 is 1.19 bits per heavy atom. The van der Waals surface area contributed by atoms with Gasteiger partial charge >= 0.3 is 0 Å². The number of aromatic nitrogens is 3. The molecule has 2 N–H and O–H groups in total. The van der Waals surface area contributed by atoms with Crippen molar-refractivity contribution in [1.82, 2.24) is 20.1 Å². The molecule has 0 aliphatic heterocycles. The number of thioether (sulfide) groups is 1. The summed E-state index contributed by atoms with van der Waals surface area (Å²) in [6.45, 7) is 3.56. The number of aryl methyl sites for hydroxylation is 1. The first-order valence-corrected chi connectivity index (χ1v) is 10.7. The molecule has 166 valence electrons. The van der Waals surface area contributed by atoms with Crippen molar-refractivity contribution in [2.75, 3.05) is 11.1 Å². The van der Waals surface area contributed by atoms with Crippen molar-refractivity contribution in [1.29, 1.82) is 0 Å². The van der Waals surface area contributed by atoms with Gasteiger partial charge in [-0.1, -0.05) is 36.0 Å². The highest BCUT2D eigenvalue weighted by atomic mass is 32.2. The molecule has 0 saturated heterocycles. The van der Waals surface area contributed by atoms with Gasteiger partial charge in [-0.15, -0.1) is 10.2 Å². The Bertz CT molecular complexity index is 1150. The van der Waals surface area contributed by atoms with Gasteiger partial charge in [-0.05, 0) is 31.5 Å².